The molecule has 5 rings (SSSR count). The van der Waals surface area contributed by atoms with Crippen molar-refractivity contribution in [2.24, 2.45) is 11.7 Å². The third kappa shape index (κ3) is 4.73. The van der Waals surface area contributed by atoms with Gasteiger partial charge in [0.15, 0.2) is 5.43 Å². The maximum Gasteiger partial charge on any atom is 0.282 e. The van der Waals surface area contributed by atoms with Crippen LogP contribution in [0.3, 0.4) is 0 Å². The first-order valence-corrected chi connectivity index (χ1v) is 13.0. The molecule has 4 heterocycles. The topological polar surface area (TPSA) is 100 Å². The first-order valence-electron chi connectivity index (χ1n) is 11.6. The van der Waals surface area contributed by atoms with Gasteiger partial charge in [-0.3, -0.25) is 9.69 Å². The Labute approximate surface area is 198 Å². The van der Waals surface area contributed by atoms with Gasteiger partial charge in [0, 0.05) is 57.3 Å². The molecule has 2 saturated heterocycles. The molecule has 2 aromatic rings. The zero-order valence-corrected chi connectivity index (χ0v) is 19.7. The maximum absolute atomic E-state index is 14.9. The second-order valence-corrected chi connectivity index (χ2v) is 11.3. The van der Waals surface area contributed by atoms with E-state index in [0.717, 1.165) is 13.1 Å². The predicted molar refractivity (Wildman–Crippen MR) is 126 cm³/mol. The first-order chi connectivity index (χ1) is 16.3. The molecule has 0 amide bonds. The molecule has 1 aromatic heterocycles. The number of allylic oxidation sites excluding steroid dienone is 1. The number of hydrogen-bond acceptors (Lipinski definition) is 6. The van der Waals surface area contributed by atoms with E-state index in [4.69, 9.17) is 10.2 Å². The van der Waals surface area contributed by atoms with Gasteiger partial charge in [-0.25, -0.2) is 4.39 Å². The SMILES string of the molecule is NC1CN(S(=O)(=O)N2CCC(/C(F)=C/c3coc(CN4Cc5ccccc5C4)cc3=O)CC2)C1. The van der Waals surface area contributed by atoms with Gasteiger partial charge in [-0.15, -0.1) is 0 Å². The molecule has 10 heteroatoms. The summed E-state index contributed by atoms with van der Waals surface area (Å²) in [7, 11) is -3.53. The fraction of sp³-hybridized carbons (Fsp3) is 0.458. The quantitative estimate of drug-likeness (QED) is 0.668. The van der Waals surface area contributed by atoms with Crippen LogP contribution in [0.15, 0.2) is 51.6 Å². The van der Waals surface area contributed by atoms with E-state index < -0.39 is 22.0 Å². The number of hydrogen-bond donors (Lipinski definition) is 1. The van der Waals surface area contributed by atoms with Crippen LogP contribution >= 0.6 is 0 Å². The second kappa shape index (κ2) is 9.35. The zero-order chi connectivity index (χ0) is 23.9. The Morgan fingerprint density at radius 3 is 2.35 bits per heavy atom. The van der Waals surface area contributed by atoms with E-state index in [0.29, 0.717) is 38.2 Å². The van der Waals surface area contributed by atoms with Crippen LogP contribution in [0.5, 0.6) is 0 Å². The van der Waals surface area contributed by atoms with Gasteiger partial charge >= 0.3 is 0 Å². The minimum Gasteiger partial charge on any atom is -0.467 e. The number of fused-ring (bicyclic) bond motifs is 1. The van der Waals surface area contributed by atoms with E-state index in [1.54, 1.807) is 0 Å². The molecule has 2 fully saturated rings. The number of halogens is 1. The highest BCUT2D eigenvalue weighted by molar-refractivity contribution is 7.86. The van der Waals surface area contributed by atoms with Gasteiger partial charge in [-0.1, -0.05) is 24.3 Å². The number of rotatable bonds is 6. The lowest BCUT2D eigenvalue weighted by Gasteiger charge is -2.40. The van der Waals surface area contributed by atoms with Crippen LogP contribution in [0, 0.1) is 5.92 Å². The highest BCUT2D eigenvalue weighted by Gasteiger charge is 2.39. The van der Waals surface area contributed by atoms with Crippen LogP contribution in [0.1, 0.15) is 35.3 Å². The van der Waals surface area contributed by atoms with Gasteiger partial charge in [0.2, 0.25) is 0 Å². The summed E-state index contributed by atoms with van der Waals surface area (Å²) in [4.78, 5) is 14.8. The van der Waals surface area contributed by atoms with Crippen LogP contribution in [-0.4, -0.2) is 54.1 Å². The van der Waals surface area contributed by atoms with Crippen molar-refractivity contribution in [2.45, 2.75) is 38.5 Å². The molecule has 34 heavy (non-hydrogen) atoms. The predicted octanol–water partition coefficient (Wildman–Crippen LogP) is 2.07. The Morgan fingerprint density at radius 2 is 1.76 bits per heavy atom. The molecule has 1 aromatic carbocycles. The molecule has 0 bridgehead atoms. The van der Waals surface area contributed by atoms with Gasteiger partial charge in [0.1, 0.15) is 17.9 Å². The minimum absolute atomic E-state index is 0.113. The van der Waals surface area contributed by atoms with Crippen molar-refractivity contribution < 1.29 is 17.2 Å². The summed E-state index contributed by atoms with van der Waals surface area (Å²) in [6, 6.07) is 9.55. The summed E-state index contributed by atoms with van der Waals surface area (Å²) < 4.78 is 48.5. The van der Waals surface area contributed by atoms with Crippen molar-refractivity contribution in [3.05, 3.63) is 75.1 Å². The summed E-state index contributed by atoms with van der Waals surface area (Å²) in [6.45, 7) is 3.24. The minimum atomic E-state index is -3.53. The maximum atomic E-state index is 14.9. The first kappa shape index (κ1) is 23.4. The Bertz CT molecular complexity index is 1220. The summed E-state index contributed by atoms with van der Waals surface area (Å²) in [5.41, 5.74) is 8.12. The van der Waals surface area contributed by atoms with Crippen molar-refractivity contribution in [3.63, 3.8) is 0 Å². The molecule has 8 nitrogen and oxygen atoms in total. The molecule has 0 atom stereocenters. The Hall–Kier alpha value is -2.37. The molecular formula is C24H29FN4O4S. The van der Waals surface area contributed by atoms with Crippen molar-refractivity contribution in [2.75, 3.05) is 26.2 Å². The van der Waals surface area contributed by atoms with Crippen molar-refractivity contribution in [1.29, 1.82) is 0 Å². The van der Waals surface area contributed by atoms with Gasteiger partial charge in [-0.05, 0) is 30.0 Å². The van der Waals surface area contributed by atoms with Crippen LogP contribution in [0.4, 0.5) is 4.39 Å². The van der Waals surface area contributed by atoms with Crippen molar-refractivity contribution >= 4 is 16.3 Å². The zero-order valence-electron chi connectivity index (χ0n) is 18.9. The van der Waals surface area contributed by atoms with Gasteiger partial charge < -0.3 is 10.2 Å². The highest BCUT2D eigenvalue weighted by atomic mass is 32.2. The van der Waals surface area contributed by atoms with Crippen LogP contribution < -0.4 is 11.2 Å². The molecular weight excluding hydrogens is 459 g/mol. The van der Waals surface area contributed by atoms with Crippen LogP contribution in [0.2, 0.25) is 0 Å². The van der Waals surface area contributed by atoms with Crippen LogP contribution in [0.25, 0.3) is 6.08 Å². The molecule has 0 unspecified atom stereocenters. The monoisotopic (exact) mass is 488 g/mol. The van der Waals surface area contributed by atoms with Crippen LogP contribution in [-0.2, 0) is 29.8 Å². The standard InChI is InChI=1S/C24H29FN4O4S/c25-23(17-5-7-28(8-6-17)34(31,32)29-13-21(26)14-29)9-20-16-33-22(10-24(20)30)15-27-11-18-3-1-2-4-19(18)12-27/h1-4,9-10,16-17,21H,5-8,11-15,26H2/b23-9-. The molecule has 3 aliphatic rings. The van der Waals surface area contributed by atoms with E-state index in [2.05, 4.69) is 17.0 Å². The van der Waals surface area contributed by atoms with E-state index in [9.17, 15) is 17.6 Å². The summed E-state index contributed by atoms with van der Waals surface area (Å²) >= 11 is 0. The van der Waals surface area contributed by atoms with Crippen molar-refractivity contribution in [3.8, 4) is 0 Å². The molecule has 0 saturated carbocycles. The summed E-state index contributed by atoms with van der Waals surface area (Å²) in [5.74, 6) is -0.301. The number of piperidine rings is 1. The normalized spacial score (nSPS) is 21.5. The van der Waals surface area contributed by atoms with E-state index >= 15 is 0 Å². The molecule has 182 valence electrons. The van der Waals surface area contributed by atoms with E-state index in [1.807, 2.05) is 12.1 Å². The molecule has 2 N–H and O–H groups in total. The van der Waals surface area contributed by atoms with E-state index in [-0.39, 0.29) is 30.1 Å². The third-order valence-electron chi connectivity index (χ3n) is 6.87. The molecule has 0 aliphatic carbocycles. The van der Waals surface area contributed by atoms with Gasteiger partial charge in [0.05, 0.1) is 12.1 Å². The second-order valence-electron chi connectivity index (χ2n) is 9.37. The van der Waals surface area contributed by atoms with Crippen molar-refractivity contribution in [1.82, 2.24) is 13.5 Å². The molecule has 3 aliphatic heterocycles. The Balaban J connectivity index is 1.18. The lowest BCUT2D eigenvalue weighted by atomic mass is 9.95. The molecule has 0 radical (unpaired) electrons. The number of nitrogens with zero attached hydrogens (tertiary/aromatic N) is 3. The van der Waals surface area contributed by atoms with E-state index in [1.165, 1.54) is 38.1 Å². The van der Waals surface area contributed by atoms with Gasteiger partial charge in [0.25, 0.3) is 10.2 Å². The number of nitrogens with two attached hydrogens (primary N) is 1. The highest BCUT2D eigenvalue weighted by Crippen LogP contribution is 2.30. The average molecular weight is 489 g/mol. The average Bonchev–Trinajstić information content (AvgIpc) is 3.21. The fourth-order valence-corrected chi connectivity index (χ4v) is 6.59. The summed E-state index contributed by atoms with van der Waals surface area (Å²) in [5, 5.41) is 0. The lowest BCUT2D eigenvalue weighted by molar-refractivity contribution is 0.216. The lowest BCUT2D eigenvalue weighted by Crippen LogP contribution is -2.61. The number of benzene rings is 1. The van der Waals surface area contributed by atoms with Gasteiger partial charge in [-0.2, -0.15) is 17.0 Å². The summed E-state index contributed by atoms with van der Waals surface area (Å²) in [6.07, 6.45) is 3.26. The Kier molecular flexibility index (Phi) is 6.43. The smallest absolute Gasteiger partial charge is 0.282 e. The Morgan fingerprint density at radius 1 is 1.12 bits per heavy atom. The third-order valence-corrected chi connectivity index (χ3v) is 8.83. The fourth-order valence-electron chi connectivity index (χ4n) is 4.83. The molecule has 0 spiro atoms. The largest absolute Gasteiger partial charge is 0.467 e.